The van der Waals surface area contributed by atoms with Crippen LogP contribution in [0.4, 0.5) is 0 Å². The molecule has 3 nitrogen and oxygen atoms in total. The van der Waals surface area contributed by atoms with Crippen LogP contribution >= 0.6 is 69.6 Å². The first-order chi connectivity index (χ1) is 13.2. The molecule has 0 aliphatic heterocycles. The van der Waals surface area contributed by atoms with Crippen LogP contribution < -0.4 is 0 Å². The van der Waals surface area contributed by atoms with Crippen LogP contribution in [0.5, 0.6) is 0 Å². The number of carboxylic acids is 1. The highest BCUT2D eigenvalue weighted by atomic mass is 35.5. The normalized spacial score (nSPS) is 10.9. The number of carbonyl (C=O) groups is 1. The fraction of sp³-hybridized carbons (Fsp3) is 0.0526. The van der Waals surface area contributed by atoms with Crippen molar-refractivity contribution >= 4 is 75.6 Å². The lowest BCUT2D eigenvalue weighted by atomic mass is 9.97. The van der Waals surface area contributed by atoms with E-state index in [1.54, 1.807) is 30.3 Å². The Hall–Kier alpha value is -1.20. The van der Waals surface area contributed by atoms with Crippen LogP contribution in [-0.4, -0.2) is 16.1 Å². The molecule has 1 heterocycles. The number of benzene rings is 2. The Balaban J connectivity index is 2.21. The Kier molecular flexibility index (Phi) is 6.65. The molecule has 0 saturated heterocycles. The number of aliphatic carboxylic acids is 1. The standard InChI is InChI=1S/C19H9Cl6NO2/c20-12-3-1-9(16(22)18(12)24)11-7-26-14(5-8(11)6-15(27)28)10-2-4-13(21)19(25)17(10)23/h1-5,7H,6H2,(H,27,28). The third-order valence-corrected chi connectivity index (χ3v) is 6.56. The van der Waals surface area contributed by atoms with Gasteiger partial charge in [-0.25, -0.2) is 0 Å². The van der Waals surface area contributed by atoms with Crippen molar-refractivity contribution in [3.05, 3.63) is 72.2 Å². The highest BCUT2D eigenvalue weighted by molar-refractivity contribution is 6.49. The van der Waals surface area contributed by atoms with Crippen LogP contribution in [0.15, 0.2) is 36.5 Å². The molecule has 0 aliphatic rings. The van der Waals surface area contributed by atoms with Gasteiger partial charge in [-0.3, -0.25) is 9.78 Å². The van der Waals surface area contributed by atoms with E-state index >= 15 is 0 Å². The largest absolute Gasteiger partial charge is 0.481 e. The second kappa shape index (κ2) is 8.66. The number of halogens is 6. The molecule has 0 amide bonds. The monoisotopic (exact) mass is 493 g/mol. The fourth-order valence-corrected chi connectivity index (χ4v) is 3.92. The fourth-order valence-electron chi connectivity index (χ4n) is 2.65. The molecule has 3 aromatic rings. The van der Waals surface area contributed by atoms with Crippen molar-refractivity contribution in [2.24, 2.45) is 0 Å². The number of rotatable bonds is 4. The molecule has 0 aliphatic carbocycles. The van der Waals surface area contributed by atoms with Gasteiger partial charge in [-0.15, -0.1) is 0 Å². The van der Waals surface area contributed by atoms with Crippen LogP contribution in [0, 0.1) is 0 Å². The minimum absolute atomic E-state index is 0.179. The van der Waals surface area contributed by atoms with Crippen molar-refractivity contribution in [1.82, 2.24) is 4.98 Å². The van der Waals surface area contributed by atoms with Gasteiger partial charge >= 0.3 is 5.97 Å². The number of carboxylic acid groups (broad SMARTS) is 1. The molecule has 1 aromatic heterocycles. The molecule has 0 unspecified atom stereocenters. The molecule has 0 bridgehead atoms. The first-order valence-electron chi connectivity index (χ1n) is 7.69. The van der Waals surface area contributed by atoms with Gasteiger partial charge in [0.25, 0.3) is 0 Å². The lowest BCUT2D eigenvalue weighted by Gasteiger charge is -2.14. The smallest absolute Gasteiger partial charge is 0.307 e. The molecule has 0 atom stereocenters. The summed E-state index contributed by atoms with van der Waals surface area (Å²) in [6.45, 7) is 0. The Morgan fingerprint density at radius 3 is 1.89 bits per heavy atom. The molecule has 0 spiro atoms. The number of pyridine rings is 1. The molecule has 2 aromatic carbocycles. The Morgan fingerprint density at radius 1 is 0.786 bits per heavy atom. The maximum Gasteiger partial charge on any atom is 0.307 e. The summed E-state index contributed by atoms with van der Waals surface area (Å²) in [5.74, 6) is -1.02. The SMILES string of the molecule is O=C(O)Cc1cc(-c2ccc(Cl)c(Cl)c2Cl)ncc1-c1ccc(Cl)c(Cl)c1Cl. The quantitative estimate of drug-likeness (QED) is 0.373. The summed E-state index contributed by atoms with van der Waals surface area (Å²) in [6, 6.07) is 8.11. The summed E-state index contributed by atoms with van der Waals surface area (Å²) in [5.41, 5.74) is 2.48. The molecular formula is C19H9Cl6NO2. The van der Waals surface area contributed by atoms with E-state index < -0.39 is 5.97 Å². The van der Waals surface area contributed by atoms with E-state index in [9.17, 15) is 9.90 Å². The van der Waals surface area contributed by atoms with E-state index in [1.165, 1.54) is 6.20 Å². The summed E-state index contributed by atoms with van der Waals surface area (Å²) in [6.07, 6.45) is 1.25. The lowest BCUT2D eigenvalue weighted by Crippen LogP contribution is -2.03. The molecule has 1 N–H and O–H groups in total. The van der Waals surface area contributed by atoms with Crippen molar-refractivity contribution in [2.45, 2.75) is 6.42 Å². The molecular weight excluding hydrogens is 487 g/mol. The van der Waals surface area contributed by atoms with Crippen molar-refractivity contribution in [3.8, 4) is 22.4 Å². The van der Waals surface area contributed by atoms with Gasteiger partial charge in [0.05, 0.1) is 42.3 Å². The van der Waals surface area contributed by atoms with E-state index in [0.717, 1.165) is 0 Å². The first-order valence-corrected chi connectivity index (χ1v) is 9.96. The minimum atomic E-state index is -1.02. The van der Waals surface area contributed by atoms with E-state index in [1.807, 2.05) is 0 Å². The molecule has 0 saturated carbocycles. The number of nitrogens with zero attached hydrogens (tertiary/aromatic N) is 1. The summed E-state index contributed by atoms with van der Waals surface area (Å²) < 4.78 is 0. The number of hydrogen-bond acceptors (Lipinski definition) is 2. The third-order valence-electron chi connectivity index (χ3n) is 3.97. The van der Waals surface area contributed by atoms with Gasteiger partial charge < -0.3 is 5.11 Å². The molecule has 0 radical (unpaired) electrons. The predicted molar refractivity (Wildman–Crippen MR) is 117 cm³/mol. The van der Waals surface area contributed by atoms with Gasteiger partial charge in [0.15, 0.2) is 0 Å². The van der Waals surface area contributed by atoms with Crippen molar-refractivity contribution < 1.29 is 9.90 Å². The Labute approximate surface area is 190 Å². The molecule has 144 valence electrons. The topological polar surface area (TPSA) is 50.2 Å². The van der Waals surface area contributed by atoms with E-state index in [4.69, 9.17) is 69.6 Å². The maximum atomic E-state index is 11.4. The van der Waals surface area contributed by atoms with Crippen LogP contribution in [0.3, 0.4) is 0 Å². The van der Waals surface area contributed by atoms with E-state index in [0.29, 0.717) is 38.0 Å². The van der Waals surface area contributed by atoms with Crippen molar-refractivity contribution in [3.63, 3.8) is 0 Å². The van der Waals surface area contributed by atoms with Crippen LogP contribution in [0.1, 0.15) is 5.56 Å². The van der Waals surface area contributed by atoms with E-state index in [2.05, 4.69) is 4.98 Å². The molecule has 28 heavy (non-hydrogen) atoms. The second-order valence-corrected chi connectivity index (χ2v) is 8.07. The zero-order valence-electron chi connectivity index (χ0n) is 13.7. The lowest BCUT2D eigenvalue weighted by molar-refractivity contribution is -0.136. The Morgan fingerprint density at radius 2 is 1.32 bits per heavy atom. The Bertz CT molecular complexity index is 1100. The predicted octanol–water partition coefficient (Wildman–Crippen LogP) is 7.96. The summed E-state index contributed by atoms with van der Waals surface area (Å²) >= 11 is 36.8. The average Bonchev–Trinajstić information content (AvgIpc) is 2.65. The average molecular weight is 496 g/mol. The van der Waals surface area contributed by atoms with Crippen LogP contribution in [0.2, 0.25) is 30.1 Å². The number of hydrogen-bond donors (Lipinski definition) is 1. The summed E-state index contributed by atoms with van der Waals surface area (Å²) in [5, 5.41) is 10.7. The minimum Gasteiger partial charge on any atom is -0.481 e. The highest BCUT2D eigenvalue weighted by Gasteiger charge is 2.18. The van der Waals surface area contributed by atoms with Crippen LogP contribution in [-0.2, 0) is 11.2 Å². The van der Waals surface area contributed by atoms with Gasteiger partial charge in [0.1, 0.15) is 0 Å². The molecule has 3 rings (SSSR count). The molecule has 0 fully saturated rings. The van der Waals surface area contributed by atoms with Gasteiger partial charge in [-0.05, 0) is 29.8 Å². The molecule has 9 heteroatoms. The van der Waals surface area contributed by atoms with Gasteiger partial charge in [0.2, 0.25) is 0 Å². The highest BCUT2D eigenvalue weighted by Crippen LogP contribution is 2.41. The summed E-state index contributed by atoms with van der Waals surface area (Å²) in [4.78, 5) is 15.8. The zero-order chi connectivity index (χ0) is 20.6. The van der Waals surface area contributed by atoms with Gasteiger partial charge in [-0.2, -0.15) is 0 Å². The zero-order valence-corrected chi connectivity index (χ0v) is 18.3. The maximum absolute atomic E-state index is 11.4. The summed E-state index contributed by atoms with van der Waals surface area (Å²) in [7, 11) is 0. The third kappa shape index (κ3) is 4.20. The van der Waals surface area contributed by atoms with Crippen LogP contribution in [0.25, 0.3) is 22.4 Å². The van der Waals surface area contributed by atoms with Gasteiger partial charge in [-0.1, -0.05) is 75.7 Å². The van der Waals surface area contributed by atoms with Gasteiger partial charge in [0, 0.05) is 22.9 Å². The second-order valence-electron chi connectivity index (χ2n) is 5.74. The van der Waals surface area contributed by atoms with Crippen molar-refractivity contribution in [1.29, 1.82) is 0 Å². The van der Waals surface area contributed by atoms with E-state index in [-0.39, 0.29) is 26.5 Å². The first kappa shape index (κ1) is 21.5. The number of aromatic nitrogens is 1. The van der Waals surface area contributed by atoms with Crippen molar-refractivity contribution in [2.75, 3.05) is 0 Å².